The molecule has 2 amide bonds. The molecule has 1 unspecified atom stereocenters. The van der Waals surface area contributed by atoms with Gasteiger partial charge < -0.3 is 10.6 Å². The fourth-order valence-electron chi connectivity index (χ4n) is 3.29. The smallest absolute Gasteiger partial charge is 0.253 e. The summed E-state index contributed by atoms with van der Waals surface area (Å²) in [6.45, 7) is 5.32. The average molecular weight is 462 g/mol. The van der Waals surface area contributed by atoms with E-state index in [2.05, 4.69) is 31.0 Å². The number of carbonyl (C=O) groups excluding carboxylic acids is 2. The first-order chi connectivity index (χ1) is 15.9. The first kappa shape index (κ1) is 22.3. The van der Waals surface area contributed by atoms with E-state index in [1.807, 2.05) is 73.8 Å². The predicted molar refractivity (Wildman–Crippen MR) is 128 cm³/mol. The molecule has 9 nitrogen and oxygen atoms in total. The van der Waals surface area contributed by atoms with Crippen LogP contribution >= 0.6 is 11.3 Å². The van der Waals surface area contributed by atoms with Gasteiger partial charge in [0.1, 0.15) is 0 Å². The van der Waals surface area contributed by atoms with E-state index in [9.17, 15) is 9.59 Å². The minimum absolute atomic E-state index is 0.0661. The molecule has 2 heterocycles. The maximum absolute atomic E-state index is 13.1. The molecular formula is C23H23N7O2S. The van der Waals surface area contributed by atoms with Crippen LogP contribution in [0, 0.1) is 5.92 Å². The number of hydrogen-bond acceptors (Lipinski definition) is 7. The highest BCUT2D eigenvalue weighted by atomic mass is 32.1. The van der Waals surface area contributed by atoms with Crippen LogP contribution in [0.4, 0.5) is 10.8 Å². The van der Waals surface area contributed by atoms with Gasteiger partial charge in [-0.05, 0) is 23.3 Å². The Kier molecular flexibility index (Phi) is 6.55. The van der Waals surface area contributed by atoms with Crippen LogP contribution in [-0.2, 0) is 9.59 Å². The number of hydrogen-bond donors (Lipinski definition) is 2. The minimum atomic E-state index is -0.640. The first-order valence-electron chi connectivity index (χ1n) is 10.4. The molecule has 0 aliphatic carbocycles. The first-order valence-corrected chi connectivity index (χ1v) is 11.3. The lowest BCUT2D eigenvalue weighted by Crippen LogP contribution is -2.31. The standard InChI is InChI=1S/C23H23N7O2S/c1-14(2)20(30-28-21(27-29-30)17-7-5-4-6-8-17)22(32)26-23-25-19(13-33-23)16-9-11-18(12-10-16)24-15(3)31/h4-14,20H,1-3H3,(H,24,31)(H,25,26,32). The number of aromatic nitrogens is 5. The number of tetrazole rings is 1. The van der Waals surface area contributed by atoms with Crippen LogP contribution < -0.4 is 10.6 Å². The summed E-state index contributed by atoms with van der Waals surface area (Å²) in [5.74, 6) is 0.0136. The number of nitrogens with one attached hydrogen (secondary N) is 2. The van der Waals surface area contributed by atoms with Crippen LogP contribution in [0.15, 0.2) is 60.0 Å². The van der Waals surface area contributed by atoms with E-state index in [0.29, 0.717) is 16.6 Å². The summed E-state index contributed by atoms with van der Waals surface area (Å²) in [6.07, 6.45) is 0. The van der Waals surface area contributed by atoms with E-state index >= 15 is 0 Å². The Morgan fingerprint density at radius 1 is 0.970 bits per heavy atom. The van der Waals surface area contributed by atoms with Gasteiger partial charge in [0.15, 0.2) is 11.2 Å². The third-order valence-corrected chi connectivity index (χ3v) is 5.60. The highest BCUT2D eigenvalue weighted by molar-refractivity contribution is 7.14. The van der Waals surface area contributed by atoms with Crippen LogP contribution in [0.3, 0.4) is 0 Å². The summed E-state index contributed by atoms with van der Waals surface area (Å²) in [5, 5.41) is 20.6. The van der Waals surface area contributed by atoms with Gasteiger partial charge >= 0.3 is 0 Å². The van der Waals surface area contributed by atoms with Crippen LogP contribution in [0.2, 0.25) is 0 Å². The summed E-state index contributed by atoms with van der Waals surface area (Å²) in [6, 6.07) is 16.2. The Hall–Kier alpha value is -3.92. The maximum atomic E-state index is 13.1. The summed E-state index contributed by atoms with van der Waals surface area (Å²) in [7, 11) is 0. The second kappa shape index (κ2) is 9.70. The highest BCUT2D eigenvalue weighted by Crippen LogP contribution is 2.27. The SMILES string of the molecule is CC(=O)Nc1ccc(-c2csc(NC(=O)C(C(C)C)n3nnc(-c4ccccc4)n3)n2)cc1. The van der Waals surface area contributed by atoms with Gasteiger partial charge in [-0.1, -0.05) is 56.3 Å². The Balaban J connectivity index is 1.48. The van der Waals surface area contributed by atoms with Gasteiger partial charge in [-0.2, -0.15) is 4.80 Å². The van der Waals surface area contributed by atoms with Crippen LogP contribution in [-0.4, -0.2) is 37.0 Å². The van der Waals surface area contributed by atoms with Gasteiger partial charge in [-0.15, -0.1) is 21.5 Å². The lowest BCUT2D eigenvalue weighted by Gasteiger charge is -2.17. The third kappa shape index (κ3) is 5.29. The molecule has 0 saturated heterocycles. The van der Waals surface area contributed by atoms with Gasteiger partial charge in [0.25, 0.3) is 5.91 Å². The Bertz CT molecular complexity index is 1250. The second-order valence-electron chi connectivity index (χ2n) is 7.77. The van der Waals surface area contributed by atoms with Gasteiger partial charge in [0, 0.05) is 29.1 Å². The van der Waals surface area contributed by atoms with Crippen LogP contribution in [0.5, 0.6) is 0 Å². The molecule has 33 heavy (non-hydrogen) atoms. The second-order valence-corrected chi connectivity index (χ2v) is 8.63. The third-order valence-electron chi connectivity index (χ3n) is 4.84. The molecule has 2 N–H and O–H groups in total. The molecule has 0 aliphatic heterocycles. The summed E-state index contributed by atoms with van der Waals surface area (Å²) >= 11 is 1.34. The summed E-state index contributed by atoms with van der Waals surface area (Å²) in [4.78, 5) is 30.1. The summed E-state index contributed by atoms with van der Waals surface area (Å²) < 4.78 is 0. The molecule has 2 aromatic heterocycles. The van der Waals surface area contributed by atoms with E-state index in [4.69, 9.17) is 0 Å². The van der Waals surface area contributed by atoms with E-state index in [-0.39, 0.29) is 17.7 Å². The lowest BCUT2D eigenvalue weighted by atomic mass is 10.0. The molecule has 4 rings (SSSR count). The van der Waals surface area contributed by atoms with Gasteiger partial charge in [-0.25, -0.2) is 4.98 Å². The minimum Gasteiger partial charge on any atom is -0.326 e. The summed E-state index contributed by atoms with van der Waals surface area (Å²) in [5.41, 5.74) is 3.16. The van der Waals surface area contributed by atoms with Gasteiger partial charge in [-0.3, -0.25) is 9.59 Å². The molecule has 168 valence electrons. The number of amides is 2. The van der Waals surface area contributed by atoms with E-state index < -0.39 is 6.04 Å². The van der Waals surface area contributed by atoms with Crippen molar-refractivity contribution >= 4 is 34.0 Å². The molecular weight excluding hydrogens is 438 g/mol. The normalized spacial score (nSPS) is 11.9. The van der Waals surface area contributed by atoms with E-state index in [0.717, 1.165) is 16.8 Å². The van der Waals surface area contributed by atoms with Crippen molar-refractivity contribution in [3.63, 3.8) is 0 Å². The number of benzene rings is 2. The Morgan fingerprint density at radius 2 is 1.70 bits per heavy atom. The Morgan fingerprint density at radius 3 is 2.36 bits per heavy atom. The molecule has 0 spiro atoms. The zero-order valence-corrected chi connectivity index (χ0v) is 19.2. The van der Waals surface area contributed by atoms with Crippen molar-refractivity contribution in [1.29, 1.82) is 0 Å². The van der Waals surface area contributed by atoms with Crippen molar-refractivity contribution in [1.82, 2.24) is 25.2 Å². The average Bonchev–Trinajstić information content (AvgIpc) is 3.45. The number of nitrogens with zero attached hydrogens (tertiary/aromatic N) is 5. The van der Waals surface area contributed by atoms with Crippen molar-refractivity contribution in [3.05, 3.63) is 60.0 Å². The zero-order chi connectivity index (χ0) is 23.4. The molecule has 0 aliphatic rings. The van der Waals surface area contributed by atoms with Crippen molar-refractivity contribution in [2.75, 3.05) is 10.6 Å². The van der Waals surface area contributed by atoms with Crippen molar-refractivity contribution < 1.29 is 9.59 Å². The van der Waals surface area contributed by atoms with Crippen LogP contribution in [0.25, 0.3) is 22.6 Å². The van der Waals surface area contributed by atoms with E-state index in [1.165, 1.54) is 23.1 Å². The molecule has 2 aromatic carbocycles. The largest absolute Gasteiger partial charge is 0.326 e. The molecule has 0 bridgehead atoms. The molecule has 4 aromatic rings. The van der Waals surface area contributed by atoms with Gasteiger partial charge in [0.2, 0.25) is 11.7 Å². The molecule has 0 fully saturated rings. The fourth-order valence-corrected chi connectivity index (χ4v) is 4.01. The van der Waals surface area contributed by atoms with Gasteiger partial charge in [0.05, 0.1) is 5.69 Å². The Labute approximate surface area is 194 Å². The lowest BCUT2D eigenvalue weighted by molar-refractivity contribution is -0.121. The van der Waals surface area contributed by atoms with Crippen molar-refractivity contribution in [2.24, 2.45) is 5.92 Å². The topological polar surface area (TPSA) is 115 Å². The zero-order valence-electron chi connectivity index (χ0n) is 18.4. The monoisotopic (exact) mass is 461 g/mol. The molecule has 10 heteroatoms. The number of thiazole rings is 1. The quantitative estimate of drug-likeness (QED) is 0.425. The van der Waals surface area contributed by atoms with Crippen LogP contribution in [0.1, 0.15) is 26.8 Å². The number of carbonyl (C=O) groups is 2. The molecule has 0 radical (unpaired) electrons. The maximum Gasteiger partial charge on any atom is 0.253 e. The molecule has 0 saturated carbocycles. The molecule has 1 atom stereocenters. The number of rotatable bonds is 7. The number of anilines is 2. The predicted octanol–water partition coefficient (Wildman–Crippen LogP) is 4.26. The van der Waals surface area contributed by atoms with Crippen molar-refractivity contribution in [3.8, 4) is 22.6 Å². The van der Waals surface area contributed by atoms with Crippen molar-refractivity contribution in [2.45, 2.75) is 26.8 Å². The fraction of sp³-hybridized carbons (Fsp3) is 0.217. The highest BCUT2D eigenvalue weighted by Gasteiger charge is 2.28. The van der Waals surface area contributed by atoms with E-state index in [1.54, 1.807) is 0 Å².